The van der Waals surface area contributed by atoms with Gasteiger partial charge in [-0.25, -0.2) is 9.97 Å². The first-order valence-electron chi connectivity index (χ1n) is 12.3. The Labute approximate surface area is 222 Å². The zero-order valence-corrected chi connectivity index (χ0v) is 21.7. The number of nitrogen functional groups attached to an aromatic ring is 1. The number of para-hydroxylation sites is 1. The summed E-state index contributed by atoms with van der Waals surface area (Å²) >= 11 is 0. The summed E-state index contributed by atoms with van der Waals surface area (Å²) in [5, 5.41) is 0.816. The minimum atomic E-state index is -0.607. The Morgan fingerprint density at radius 2 is 1.73 bits per heavy atom. The third kappa shape index (κ3) is 5.55. The third-order valence-electron chi connectivity index (χ3n) is 6.81. The van der Waals surface area contributed by atoms with Gasteiger partial charge in [0.15, 0.2) is 0 Å². The second-order valence-corrected chi connectivity index (χ2v) is 9.64. The second kappa shape index (κ2) is 11.2. The van der Waals surface area contributed by atoms with E-state index in [0.717, 1.165) is 46.5 Å². The number of aromatic nitrogens is 3. The van der Waals surface area contributed by atoms with Gasteiger partial charge in [-0.3, -0.25) is 4.79 Å². The zero-order chi connectivity index (χ0) is 25.2. The lowest BCUT2D eigenvalue weighted by atomic mass is 10.1. The number of fused-ring (bicyclic) bond motifs is 1. The second-order valence-electron chi connectivity index (χ2n) is 9.64. The highest BCUT2D eigenvalue weighted by Crippen LogP contribution is 2.40. The Bertz CT molecular complexity index is 1360. The fourth-order valence-corrected chi connectivity index (χ4v) is 4.72. The molecule has 194 valence electrons. The first kappa shape index (κ1) is 26.4. The predicted octanol–water partition coefficient (Wildman–Crippen LogP) is 5.51. The fraction of sp³-hybridized carbons (Fsp3) is 0.321. The van der Waals surface area contributed by atoms with Gasteiger partial charge < -0.3 is 25.5 Å². The van der Waals surface area contributed by atoms with E-state index in [1.807, 2.05) is 68.4 Å². The molecule has 0 bridgehead atoms. The summed E-state index contributed by atoms with van der Waals surface area (Å²) in [6, 6.07) is 17.1. The van der Waals surface area contributed by atoms with Crippen LogP contribution in [0, 0.1) is 5.92 Å². The number of nitrogens with zero attached hydrogens (tertiary/aromatic N) is 3. The van der Waals surface area contributed by atoms with Crippen molar-refractivity contribution in [3.05, 3.63) is 67.1 Å². The summed E-state index contributed by atoms with van der Waals surface area (Å²) in [7, 11) is 0. The van der Waals surface area contributed by atoms with Gasteiger partial charge in [-0.15, -0.1) is 12.4 Å². The zero-order valence-electron chi connectivity index (χ0n) is 20.9. The van der Waals surface area contributed by atoms with Gasteiger partial charge in [0.2, 0.25) is 0 Å². The van der Waals surface area contributed by atoms with E-state index in [9.17, 15) is 4.79 Å². The molecule has 0 spiro atoms. The molecule has 8 nitrogen and oxygen atoms in total. The van der Waals surface area contributed by atoms with Crippen LogP contribution in [0.3, 0.4) is 0 Å². The molecule has 1 saturated carbocycles. The van der Waals surface area contributed by atoms with Crippen LogP contribution >= 0.6 is 12.4 Å². The molecule has 0 amide bonds. The molecule has 2 aromatic heterocycles. The van der Waals surface area contributed by atoms with Gasteiger partial charge in [0.25, 0.3) is 0 Å². The molecule has 37 heavy (non-hydrogen) atoms. The number of nitrogens with two attached hydrogens (primary N) is 2. The monoisotopic (exact) mass is 521 g/mol. The number of hydrogen-bond donors (Lipinski definition) is 2. The van der Waals surface area contributed by atoms with Crippen LogP contribution in [0.2, 0.25) is 0 Å². The van der Waals surface area contributed by atoms with E-state index in [1.54, 1.807) is 0 Å². The van der Waals surface area contributed by atoms with Gasteiger partial charge in [-0.1, -0.05) is 44.2 Å². The van der Waals surface area contributed by atoms with Crippen molar-refractivity contribution in [3.8, 4) is 22.6 Å². The molecule has 0 aliphatic heterocycles. The van der Waals surface area contributed by atoms with Gasteiger partial charge in [0, 0.05) is 24.2 Å². The van der Waals surface area contributed by atoms with Crippen LogP contribution in [-0.4, -0.2) is 32.7 Å². The van der Waals surface area contributed by atoms with Gasteiger partial charge >= 0.3 is 5.97 Å². The molecule has 1 aliphatic carbocycles. The molecule has 5 rings (SSSR count). The largest absolute Gasteiger partial charge is 0.461 e. The lowest BCUT2D eigenvalue weighted by molar-refractivity contribution is -0.151. The SMILES string of the molecule is CC(C)[C@H](N)C(=O)OC1CCC(n2cc(-c3ccc(Oc4ccccc4)cc3)c3c(N)ncnc32)C1.Cl. The highest BCUT2D eigenvalue weighted by molar-refractivity contribution is 6.00. The van der Waals surface area contributed by atoms with Crippen molar-refractivity contribution in [2.75, 3.05) is 5.73 Å². The Balaban J connectivity index is 0.00000320. The van der Waals surface area contributed by atoms with Crippen LogP contribution in [0.15, 0.2) is 67.1 Å². The molecule has 0 saturated heterocycles. The topological polar surface area (TPSA) is 118 Å². The summed E-state index contributed by atoms with van der Waals surface area (Å²) in [6.07, 6.45) is 5.75. The Kier molecular flexibility index (Phi) is 8.00. The molecule has 2 aromatic carbocycles. The minimum absolute atomic E-state index is 0. The number of carbonyl (C=O) groups is 1. The van der Waals surface area contributed by atoms with Crippen molar-refractivity contribution in [3.63, 3.8) is 0 Å². The number of rotatable bonds is 7. The van der Waals surface area contributed by atoms with E-state index in [4.69, 9.17) is 20.9 Å². The smallest absolute Gasteiger partial charge is 0.323 e. The normalized spacial score (nSPS) is 17.9. The van der Waals surface area contributed by atoms with Crippen molar-refractivity contribution in [2.24, 2.45) is 11.7 Å². The summed E-state index contributed by atoms with van der Waals surface area (Å²) < 4.78 is 13.8. The molecule has 1 aliphatic rings. The maximum absolute atomic E-state index is 12.4. The van der Waals surface area contributed by atoms with E-state index >= 15 is 0 Å². The van der Waals surface area contributed by atoms with Crippen molar-refractivity contribution in [1.29, 1.82) is 0 Å². The molecule has 4 aromatic rings. The van der Waals surface area contributed by atoms with Crippen molar-refractivity contribution in [2.45, 2.75) is 51.3 Å². The summed E-state index contributed by atoms with van der Waals surface area (Å²) in [6.45, 7) is 3.84. The van der Waals surface area contributed by atoms with Crippen LogP contribution in [0.1, 0.15) is 39.2 Å². The molecule has 1 fully saturated rings. The van der Waals surface area contributed by atoms with E-state index in [0.29, 0.717) is 12.2 Å². The summed E-state index contributed by atoms with van der Waals surface area (Å²) in [5.41, 5.74) is 15.0. The number of ether oxygens (including phenoxy) is 2. The Hall–Kier alpha value is -3.62. The molecular formula is C28H32ClN5O3. The Morgan fingerprint density at radius 3 is 2.43 bits per heavy atom. The maximum atomic E-state index is 12.4. The van der Waals surface area contributed by atoms with Crippen molar-refractivity contribution >= 4 is 35.2 Å². The minimum Gasteiger partial charge on any atom is -0.461 e. The molecule has 2 unspecified atom stereocenters. The fourth-order valence-electron chi connectivity index (χ4n) is 4.72. The average Bonchev–Trinajstić information content (AvgIpc) is 3.50. The molecule has 4 N–H and O–H groups in total. The van der Waals surface area contributed by atoms with Gasteiger partial charge in [0.1, 0.15) is 41.4 Å². The van der Waals surface area contributed by atoms with E-state index < -0.39 is 6.04 Å². The number of carbonyl (C=O) groups excluding carboxylic acids is 1. The van der Waals surface area contributed by atoms with Crippen LogP contribution < -0.4 is 16.2 Å². The quantitative estimate of drug-likeness (QED) is 0.307. The van der Waals surface area contributed by atoms with E-state index in [1.165, 1.54) is 6.33 Å². The van der Waals surface area contributed by atoms with Crippen LogP contribution in [0.5, 0.6) is 11.5 Å². The molecule has 9 heteroatoms. The van der Waals surface area contributed by atoms with Crippen molar-refractivity contribution in [1.82, 2.24) is 14.5 Å². The van der Waals surface area contributed by atoms with Crippen LogP contribution in [-0.2, 0) is 9.53 Å². The molecular weight excluding hydrogens is 490 g/mol. The maximum Gasteiger partial charge on any atom is 0.323 e. The Morgan fingerprint density at radius 1 is 1.03 bits per heavy atom. The van der Waals surface area contributed by atoms with Gasteiger partial charge in [0.05, 0.1) is 5.39 Å². The van der Waals surface area contributed by atoms with Crippen LogP contribution in [0.4, 0.5) is 5.82 Å². The number of anilines is 1. The predicted molar refractivity (Wildman–Crippen MR) is 147 cm³/mol. The molecule has 2 heterocycles. The summed E-state index contributed by atoms with van der Waals surface area (Å²) in [4.78, 5) is 21.2. The van der Waals surface area contributed by atoms with E-state index in [-0.39, 0.29) is 36.4 Å². The summed E-state index contributed by atoms with van der Waals surface area (Å²) in [5.74, 6) is 1.67. The number of hydrogen-bond acceptors (Lipinski definition) is 7. The van der Waals surface area contributed by atoms with Gasteiger partial charge in [-0.05, 0) is 48.6 Å². The molecule has 3 atom stereocenters. The van der Waals surface area contributed by atoms with Crippen molar-refractivity contribution < 1.29 is 14.3 Å². The highest BCUT2D eigenvalue weighted by atomic mass is 35.5. The standard InChI is InChI=1S/C28H31N5O3.ClH/c1-17(2)25(29)28(34)36-22-13-10-19(14-22)33-15-23(24-26(30)31-16-32-27(24)33)18-8-11-21(12-9-18)35-20-6-4-3-5-7-20;/h3-9,11-12,15-17,19,22,25H,10,13-14,29H2,1-2H3,(H2,30,31,32);1H/t19?,22?,25-;/m0./s1. The highest BCUT2D eigenvalue weighted by Gasteiger charge is 2.32. The first-order valence-corrected chi connectivity index (χ1v) is 12.3. The van der Waals surface area contributed by atoms with Gasteiger partial charge in [-0.2, -0.15) is 0 Å². The third-order valence-corrected chi connectivity index (χ3v) is 6.81. The first-order chi connectivity index (χ1) is 17.4. The molecule has 0 radical (unpaired) electrons. The average molecular weight is 522 g/mol. The number of halogens is 1. The number of esters is 1. The van der Waals surface area contributed by atoms with Crippen LogP contribution in [0.25, 0.3) is 22.2 Å². The lowest BCUT2D eigenvalue weighted by Gasteiger charge is -2.19. The number of benzene rings is 2. The lowest BCUT2D eigenvalue weighted by Crippen LogP contribution is -2.38. The van der Waals surface area contributed by atoms with E-state index in [2.05, 4.69) is 20.7 Å².